The minimum Gasteiger partial charge on any atom is -0.449 e. The molecule has 7 atom stereocenters. The van der Waals surface area contributed by atoms with Crippen molar-refractivity contribution in [3.05, 3.63) is 60.3 Å². The third kappa shape index (κ3) is 13.5. The van der Waals surface area contributed by atoms with Crippen molar-refractivity contribution in [3.63, 3.8) is 0 Å². The molecule has 280 valence electrons. The molecule has 3 aliphatic rings. The van der Waals surface area contributed by atoms with Crippen molar-refractivity contribution in [2.45, 2.75) is 173 Å². The van der Waals surface area contributed by atoms with Crippen LogP contribution in [-0.4, -0.2) is 65.8 Å². The van der Waals surface area contributed by atoms with Crippen LogP contribution in [0.1, 0.15) is 100 Å². The molecule has 2 bridgehead atoms. The highest BCUT2D eigenvalue weighted by Gasteiger charge is 2.41. The van der Waals surface area contributed by atoms with Gasteiger partial charge in [0.05, 0.1) is 31.0 Å². The number of hydrogen-bond donors (Lipinski definition) is 0. The molecule has 50 heavy (non-hydrogen) atoms. The van der Waals surface area contributed by atoms with E-state index in [1.807, 2.05) is 0 Å². The lowest BCUT2D eigenvalue weighted by molar-refractivity contribution is -0.145. The SMILES string of the molecule is C=C1CC(O[Si](C)(C)C(C)(C)C)C=CC[C@@H]([C@H](C=C[C@@H]2CC(C)=CCO2)O[Si](C)(C)C(C)(C)C)OC(=O)C#CC[C@@H]2C=CC[C@@H](C[C@@H](C)C1)O2. The fourth-order valence-corrected chi connectivity index (χ4v) is 8.52. The molecule has 0 saturated carbocycles. The zero-order chi connectivity index (χ0) is 37.3. The van der Waals surface area contributed by atoms with Gasteiger partial charge in [0.2, 0.25) is 0 Å². The third-order valence-corrected chi connectivity index (χ3v) is 20.0. The molecule has 0 fully saturated rings. The van der Waals surface area contributed by atoms with E-state index in [0.29, 0.717) is 25.4 Å². The molecule has 0 aromatic heterocycles. The van der Waals surface area contributed by atoms with Crippen LogP contribution in [0.2, 0.25) is 36.3 Å². The van der Waals surface area contributed by atoms with Crippen LogP contribution in [0, 0.1) is 17.8 Å². The Morgan fingerprint density at radius 3 is 2.32 bits per heavy atom. The smallest absolute Gasteiger partial charge is 0.384 e. The van der Waals surface area contributed by atoms with Gasteiger partial charge in [-0.15, -0.1) is 0 Å². The number of cyclic esters (lactones) is 1. The third-order valence-electron chi connectivity index (χ3n) is 11.0. The van der Waals surface area contributed by atoms with E-state index < -0.39 is 34.8 Å². The van der Waals surface area contributed by atoms with E-state index in [4.69, 9.17) is 23.1 Å². The summed E-state index contributed by atoms with van der Waals surface area (Å²) in [5.41, 5.74) is 2.49. The first-order valence-electron chi connectivity index (χ1n) is 18.8. The molecule has 0 aromatic carbocycles. The Morgan fingerprint density at radius 1 is 0.980 bits per heavy atom. The largest absolute Gasteiger partial charge is 0.449 e. The summed E-state index contributed by atoms with van der Waals surface area (Å²) in [6.07, 6.45) is 18.7. The molecule has 0 radical (unpaired) electrons. The maximum atomic E-state index is 13.4. The molecule has 0 aliphatic carbocycles. The molecule has 3 aliphatic heterocycles. The Morgan fingerprint density at radius 2 is 1.66 bits per heavy atom. The summed E-state index contributed by atoms with van der Waals surface area (Å²) in [6, 6.07) is 0. The van der Waals surface area contributed by atoms with Crippen LogP contribution >= 0.6 is 0 Å². The maximum absolute atomic E-state index is 13.4. The highest BCUT2D eigenvalue weighted by Crippen LogP contribution is 2.40. The van der Waals surface area contributed by atoms with E-state index >= 15 is 0 Å². The minimum absolute atomic E-state index is 0.0418. The lowest BCUT2D eigenvalue weighted by Crippen LogP contribution is -2.47. The van der Waals surface area contributed by atoms with Crippen LogP contribution in [0.5, 0.6) is 0 Å². The van der Waals surface area contributed by atoms with Gasteiger partial charge in [-0.1, -0.05) is 115 Å². The van der Waals surface area contributed by atoms with Crippen molar-refractivity contribution in [2.24, 2.45) is 5.92 Å². The fraction of sp³-hybridized carbons (Fsp3) is 0.690. The van der Waals surface area contributed by atoms with Crippen molar-refractivity contribution in [3.8, 4) is 11.8 Å². The van der Waals surface area contributed by atoms with Crippen molar-refractivity contribution in [1.82, 2.24) is 0 Å². The highest BCUT2D eigenvalue weighted by atomic mass is 28.4. The summed E-state index contributed by atoms with van der Waals surface area (Å²) < 4.78 is 32.7. The van der Waals surface area contributed by atoms with Gasteiger partial charge in [-0.25, -0.2) is 4.79 Å². The van der Waals surface area contributed by atoms with Gasteiger partial charge >= 0.3 is 5.97 Å². The molecule has 0 amide bonds. The first-order valence-corrected chi connectivity index (χ1v) is 24.6. The van der Waals surface area contributed by atoms with Crippen molar-refractivity contribution < 1.29 is 27.9 Å². The van der Waals surface area contributed by atoms with Gasteiger partial charge in [0.15, 0.2) is 16.6 Å². The number of esters is 1. The van der Waals surface area contributed by atoms with E-state index in [0.717, 1.165) is 32.1 Å². The predicted molar refractivity (Wildman–Crippen MR) is 212 cm³/mol. The van der Waals surface area contributed by atoms with E-state index in [1.54, 1.807) is 0 Å². The van der Waals surface area contributed by atoms with Crippen LogP contribution in [0.15, 0.2) is 60.3 Å². The molecular weight excluding hydrogens is 657 g/mol. The predicted octanol–water partition coefficient (Wildman–Crippen LogP) is 10.4. The average molecular weight is 725 g/mol. The normalized spacial score (nSPS) is 29.0. The molecule has 3 heterocycles. The Labute approximate surface area is 307 Å². The summed E-state index contributed by atoms with van der Waals surface area (Å²) in [7, 11) is -4.39. The van der Waals surface area contributed by atoms with E-state index in [1.165, 1.54) is 11.1 Å². The highest BCUT2D eigenvalue weighted by molar-refractivity contribution is 6.74. The van der Waals surface area contributed by atoms with Crippen LogP contribution < -0.4 is 0 Å². The van der Waals surface area contributed by atoms with E-state index in [2.05, 4.69) is 143 Å². The average Bonchev–Trinajstić information content (AvgIpc) is 2.97. The molecule has 0 N–H and O–H groups in total. The lowest BCUT2D eigenvalue weighted by Gasteiger charge is -2.40. The van der Waals surface area contributed by atoms with Gasteiger partial charge in [-0.05, 0) is 81.2 Å². The summed E-state index contributed by atoms with van der Waals surface area (Å²) in [4.78, 5) is 13.4. The lowest BCUT2D eigenvalue weighted by atomic mass is 9.91. The number of ether oxygens (including phenoxy) is 3. The van der Waals surface area contributed by atoms with E-state index in [9.17, 15) is 4.79 Å². The molecule has 6 nitrogen and oxygen atoms in total. The van der Waals surface area contributed by atoms with Crippen molar-refractivity contribution >= 4 is 22.6 Å². The van der Waals surface area contributed by atoms with Gasteiger partial charge in [0.25, 0.3) is 0 Å². The molecule has 3 rings (SSSR count). The molecule has 8 heteroatoms. The first-order chi connectivity index (χ1) is 23.1. The van der Waals surface area contributed by atoms with Crippen LogP contribution in [0.25, 0.3) is 0 Å². The van der Waals surface area contributed by atoms with Crippen molar-refractivity contribution in [1.29, 1.82) is 0 Å². The quantitative estimate of drug-likeness (QED) is 0.0856. The summed E-state index contributed by atoms with van der Waals surface area (Å²) in [5, 5.41) is 0.0160. The van der Waals surface area contributed by atoms with Gasteiger partial charge in [0, 0.05) is 18.8 Å². The summed E-state index contributed by atoms with van der Waals surface area (Å²) in [5.74, 6) is 5.70. The number of fused-ring (bicyclic) bond motifs is 2. The second-order valence-electron chi connectivity index (χ2n) is 17.8. The van der Waals surface area contributed by atoms with Crippen LogP contribution in [0.3, 0.4) is 0 Å². The second-order valence-corrected chi connectivity index (χ2v) is 27.4. The minimum atomic E-state index is -2.29. The number of carbonyl (C=O) groups excluding carboxylic acids is 1. The molecule has 1 unspecified atom stereocenters. The molecule has 0 saturated heterocycles. The zero-order valence-corrected chi connectivity index (χ0v) is 35.4. The standard InChI is InChI=1S/C42H68O6Si2/c1-31-25-26-44-35(28-31)23-24-39(48-50(12,13)42(7,8)9)38-21-15-20-37(47-49(10,11)41(4,5)6)30-33(3)27-32(2)29-36-19-14-17-34(45-36)18-16-22-40(43)46-38/h14-15,17,20,23-25,32,34-39H,3,18-19,21,26-30H2,1-2,4-13H3/t32-,34-,35+,36-,37?,38-,39-/m0/s1. The van der Waals surface area contributed by atoms with Crippen LogP contribution in [-0.2, 0) is 27.9 Å². The topological polar surface area (TPSA) is 63.2 Å². The Balaban J connectivity index is 2.03. The zero-order valence-electron chi connectivity index (χ0n) is 33.4. The number of hydrogen-bond acceptors (Lipinski definition) is 6. The van der Waals surface area contributed by atoms with Gasteiger partial charge in [-0.2, -0.15) is 0 Å². The first kappa shape index (κ1) is 42.4. The van der Waals surface area contributed by atoms with Gasteiger partial charge < -0.3 is 23.1 Å². The monoisotopic (exact) mass is 724 g/mol. The van der Waals surface area contributed by atoms with Gasteiger partial charge in [0.1, 0.15) is 12.2 Å². The second kappa shape index (κ2) is 18.2. The number of rotatable bonds is 7. The van der Waals surface area contributed by atoms with E-state index in [-0.39, 0.29) is 34.5 Å². The maximum Gasteiger partial charge on any atom is 0.384 e. The molecule has 0 spiro atoms. The fourth-order valence-electron chi connectivity index (χ4n) is 5.99. The number of carbonyl (C=O) groups is 1. The summed E-state index contributed by atoms with van der Waals surface area (Å²) in [6.45, 7) is 32.1. The summed E-state index contributed by atoms with van der Waals surface area (Å²) >= 11 is 0. The molecular formula is C42H68O6Si2. The Bertz CT molecular complexity index is 1330. The Kier molecular flexibility index (Phi) is 15.4. The van der Waals surface area contributed by atoms with Crippen molar-refractivity contribution in [2.75, 3.05) is 6.61 Å². The molecule has 0 aromatic rings. The Hall–Kier alpha value is -2.00. The van der Waals surface area contributed by atoms with Crippen LogP contribution in [0.4, 0.5) is 0 Å². The van der Waals surface area contributed by atoms with Gasteiger partial charge in [-0.3, -0.25) is 0 Å².